The standard InChI is InChI=1S/C38H57N7O6S/c1-36(2,3)21-41-34(50)30-38(7,8)52-22-45(30)35(51)28(46)26(19-23-15-11-9-12-16-23)42-33(49)29(37(4,5)6)44-32(48)27(24-17-13-10-14-18-24)43-31(47)25(40)20-39/h9-18,25-30,46H,19-22,39-40H2,1-8H3,(H,41,50)(H,42,49)(H,43,47)(H,44,48)/t25-,26-,27-,28-,29+,30+/m0/s1. The zero-order valence-corrected chi connectivity index (χ0v) is 32.4. The van der Waals surface area contributed by atoms with E-state index in [1.165, 1.54) is 16.7 Å². The monoisotopic (exact) mass is 739 g/mol. The summed E-state index contributed by atoms with van der Waals surface area (Å²) in [5, 5.41) is 23.0. The second kappa shape index (κ2) is 17.7. The topological polar surface area (TPSA) is 209 Å². The van der Waals surface area contributed by atoms with Gasteiger partial charge in [-0.2, -0.15) is 0 Å². The van der Waals surface area contributed by atoms with Crippen LogP contribution in [-0.4, -0.2) is 93.5 Å². The summed E-state index contributed by atoms with van der Waals surface area (Å²) in [6, 6.07) is 12.2. The number of aliphatic hydroxyl groups is 1. The summed E-state index contributed by atoms with van der Waals surface area (Å²) in [6.45, 7) is 15.3. The summed E-state index contributed by atoms with van der Waals surface area (Å²) in [6.07, 6.45) is -1.66. The number of amides is 5. The highest BCUT2D eigenvalue weighted by molar-refractivity contribution is 8.00. The number of nitrogens with two attached hydrogens (primary N) is 2. The first-order valence-corrected chi connectivity index (χ1v) is 18.5. The van der Waals surface area contributed by atoms with Crippen molar-refractivity contribution in [2.24, 2.45) is 22.3 Å². The lowest BCUT2D eigenvalue weighted by Gasteiger charge is -2.36. The number of hydrogen-bond acceptors (Lipinski definition) is 9. The van der Waals surface area contributed by atoms with E-state index >= 15 is 0 Å². The summed E-state index contributed by atoms with van der Waals surface area (Å²) in [5.41, 5.74) is 11.6. The molecule has 5 amide bonds. The zero-order valence-electron chi connectivity index (χ0n) is 31.6. The summed E-state index contributed by atoms with van der Waals surface area (Å²) < 4.78 is -0.643. The third-order valence-electron chi connectivity index (χ3n) is 8.82. The smallest absolute Gasteiger partial charge is 0.254 e. The number of benzene rings is 2. The van der Waals surface area contributed by atoms with Gasteiger partial charge < -0.3 is 42.7 Å². The van der Waals surface area contributed by atoms with E-state index in [1.807, 2.05) is 65.0 Å². The summed E-state index contributed by atoms with van der Waals surface area (Å²) >= 11 is 1.43. The number of rotatable bonds is 14. The number of thioether (sulfide) groups is 1. The molecule has 1 aliphatic rings. The normalized spacial score (nSPS) is 18.7. The third kappa shape index (κ3) is 11.5. The lowest BCUT2D eigenvalue weighted by Crippen LogP contribution is -2.62. The molecule has 0 saturated carbocycles. The van der Waals surface area contributed by atoms with Gasteiger partial charge in [0.15, 0.2) is 6.10 Å². The van der Waals surface area contributed by atoms with Gasteiger partial charge in [0.2, 0.25) is 23.6 Å². The molecular weight excluding hydrogens is 683 g/mol. The molecule has 1 fully saturated rings. The summed E-state index contributed by atoms with van der Waals surface area (Å²) in [4.78, 5) is 69.9. The van der Waals surface area contributed by atoms with Crippen LogP contribution in [0.4, 0.5) is 0 Å². The average Bonchev–Trinajstić information content (AvgIpc) is 3.41. The Kier molecular flexibility index (Phi) is 14.4. The Balaban J connectivity index is 1.92. The van der Waals surface area contributed by atoms with Crippen molar-refractivity contribution in [2.75, 3.05) is 19.0 Å². The maximum Gasteiger partial charge on any atom is 0.254 e. The molecule has 9 N–H and O–H groups in total. The largest absolute Gasteiger partial charge is 0.381 e. The van der Waals surface area contributed by atoms with Crippen LogP contribution in [0.15, 0.2) is 60.7 Å². The van der Waals surface area contributed by atoms with E-state index in [2.05, 4.69) is 21.3 Å². The van der Waals surface area contributed by atoms with Crippen molar-refractivity contribution in [2.45, 2.75) is 103 Å². The third-order valence-corrected chi connectivity index (χ3v) is 10.2. The highest BCUT2D eigenvalue weighted by atomic mass is 32.2. The van der Waals surface area contributed by atoms with Gasteiger partial charge >= 0.3 is 0 Å². The molecule has 1 saturated heterocycles. The van der Waals surface area contributed by atoms with Crippen molar-refractivity contribution >= 4 is 41.3 Å². The van der Waals surface area contributed by atoms with Crippen LogP contribution >= 0.6 is 11.8 Å². The number of nitrogens with zero attached hydrogens (tertiary/aromatic N) is 1. The van der Waals surface area contributed by atoms with Crippen LogP contribution in [0.25, 0.3) is 0 Å². The van der Waals surface area contributed by atoms with Crippen molar-refractivity contribution in [3.05, 3.63) is 71.8 Å². The Labute approximate surface area is 311 Å². The maximum absolute atomic E-state index is 14.2. The number of carbonyl (C=O) groups excluding carboxylic acids is 5. The Morgan fingerprint density at radius 2 is 1.46 bits per heavy atom. The second-order valence-corrected chi connectivity index (χ2v) is 17.7. The second-order valence-electron chi connectivity index (χ2n) is 16.1. The molecule has 0 bridgehead atoms. The van der Waals surface area contributed by atoms with Gasteiger partial charge in [0, 0.05) is 17.8 Å². The van der Waals surface area contributed by atoms with Crippen molar-refractivity contribution in [3.63, 3.8) is 0 Å². The van der Waals surface area contributed by atoms with Gasteiger partial charge in [0.1, 0.15) is 18.1 Å². The van der Waals surface area contributed by atoms with Gasteiger partial charge in [-0.05, 0) is 42.2 Å². The predicted molar refractivity (Wildman–Crippen MR) is 203 cm³/mol. The number of nitrogens with one attached hydrogen (secondary N) is 4. The fourth-order valence-electron chi connectivity index (χ4n) is 5.78. The molecule has 14 heteroatoms. The van der Waals surface area contributed by atoms with Crippen LogP contribution in [0.5, 0.6) is 0 Å². The van der Waals surface area contributed by atoms with Gasteiger partial charge in [-0.1, -0.05) is 102 Å². The van der Waals surface area contributed by atoms with Crippen molar-refractivity contribution in [1.29, 1.82) is 0 Å². The van der Waals surface area contributed by atoms with Crippen LogP contribution in [0, 0.1) is 10.8 Å². The first-order valence-electron chi connectivity index (χ1n) is 17.5. The Bertz CT molecular complexity index is 1540. The molecule has 2 aromatic rings. The van der Waals surface area contributed by atoms with E-state index < -0.39 is 70.1 Å². The molecule has 0 unspecified atom stereocenters. The summed E-state index contributed by atoms with van der Waals surface area (Å²) in [7, 11) is 0. The average molecular weight is 740 g/mol. The molecule has 1 heterocycles. The van der Waals surface area contributed by atoms with Gasteiger partial charge in [0.05, 0.1) is 18.0 Å². The van der Waals surface area contributed by atoms with Gasteiger partial charge in [-0.15, -0.1) is 11.8 Å². The van der Waals surface area contributed by atoms with Crippen LogP contribution in [0.1, 0.15) is 72.6 Å². The van der Waals surface area contributed by atoms with E-state index in [1.54, 1.807) is 51.1 Å². The van der Waals surface area contributed by atoms with Gasteiger partial charge in [-0.3, -0.25) is 24.0 Å². The minimum atomic E-state index is -1.73. The summed E-state index contributed by atoms with van der Waals surface area (Å²) in [5.74, 6) is -2.81. The minimum Gasteiger partial charge on any atom is -0.381 e. The number of carbonyl (C=O) groups is 5. The van der Waals surface area contributed by atoms with E-state index in [9.17, 15) is 29.1 Å². The Hall–Kier alpha value is -3.98. The highest BCUT2D eigenvalue weighted by Gasteiger charge is 2.50. The molecule has 0 aliphatic carbocycles. The lowest BCUT2D eigenvalue weighted by molar-refractivity contribution is -0.148. The molecule has 6 atom stereocenters. The lowest BCUT2D eigenvalue weighted by atomic mass is 9.85. The molecule has 0 radical (unpaired) electrons. The molecule has 1 aliphatic heterocycles. The molecule has 13 nitrogen and oxygen atoms in total. The fraction of sp³-hybridized carbons (Fsp3) is 0.553. The first-order chi connectivity index (χ1) is 24.2. The Morgan fingerprint density at radius 3 is 2.00 bits per heavy atom. The number of hydrogen-bond donors (Lipinski definition) is 7. The van der Waals surface area contributed by atoms with Gasteiger partial charge in [0.25, 0.3) is 5.91 Å². The SMILES string of the molecule is CC(C)(C)CNC(=O)[C@H]1N(C(=O)[C@@H](O)[C@H](Cc2ccccc2)NC(=O)[C@@H](NC(=O)[C@@H](NC(=O)[C@@H](N)CN)c2ccccc2)C(C)(C)C)CSC1(C)C. The van der Waals surface area contributed by atoms with Crippen LogP contribution in [0.3, 0.4) is 0 Å². The van der Waals surface area contributed by atoms with Crippen molar-refractivity contribution < 1.29 is 29.1 Å². The molecule has 3 rings (SSSR count). The number of aliphatic hydroxyl groups excluding tert-OH is 1. The fourth-order valence-corrected chi connectivity index (χ4v) is 6.92. The quantitative estimate of drug-likeness (QED) is 0.150. The van der Waals surface area contributed by atoms with E-state index in [0.717, 1.165) is 5.56 Å². The van der Waals surface area contributed by atoms with Crippen LogP contribution in [-0.2, 0) is 30.4 Å². The van der Waals surface area contributed by atoms with Gasteiger partial charge in [-0.25, -0.2) is 0 Å². The maximum atomic E-state index is 14.2. The minimum absolute atomic E-state index is 0.0786. The van der Waals surface area contributed by atoms with Crippen LogP contribution in [0.2, 0.25) is 0 Å². The van der Waals surface area contributed by atoms with Crippen molar-refractivity contribution in [3.8, 4) is 0 Å². The Morgan fingerprint density at radius 1 is 0.885 bits per heavy atom. The molecule has 0 aromatic heterocycles. The molecule has 52 heavy (non-hydrogen) atoms. The zero-order chi connectivity index (χ0) is 39.0. The predicted octanol–water partition coefficient (Wildman–Crippen LogP) is 1.59. The molecule has 286 valence electrons. The molecule has 0 spiro atoms. The first kappa shape index (κ1) is 42.4. The molecular formula is C38H57N7O6S. The van der Waals surface area contributed by atoms with E-state index in [4.69, 9.17) is 11.5 Å². The van der Waals surface area contributed by atoms with E-state index in [0.29, 0.717) is 12.1 Å². The molecule has 2 aromatic carbocycles. The van der Waals surface area contributed by atoms with E-state index in [-0.39, 0.29) is 30.2 Å². The van der Waals surface area contributed by atoms with Crippen molar-refractivity contribution in [1.82, 2.24) is 26.2 Å². The van der Waals surface area contributed by atoms with Crippen LogP contribution < -0.4 is 32.7 Å². The highest BCUT2D eigenvalue weighted by Crippen LogP contribution is 2.40.